The molecule has 1 saturated carbocycles. The second kappa shape index (κ2) is 7.84. The van der Waals surface area contributed by atoms with Crippen LogP contribution in [0.1, 0.15) is 48.9 Å². The fourth-order valence-electron chi connectivity index (χ4n) is 4.41. The van der Waals surface area contributed by atoms with E-state index in [1.54, 1.807) is 4.90 Å². The first kappa shape index (κ1) is 18.8. The van der Waals surface area contributed by atoms with E-state index in [-0.39, 0.29) is 17.1 Å². The quantitative estimate of drug-likeness (QED) is 0.706. The van der Waals surface area contributed by atoms with Gasteiger partial charge in [-0.15, -0.1) is 0 Å². The van der Waals surface area contributed by atoms with Crippen molar-refractivity contribution in [2.75, 3.05) is 32.9 Å². The zero-order chi connectivity index (χ0) is 18.9. The lowest BCUT2D eigenvalue weighted by Crippen LogP contribution is -2.49. The van der Waals surface area contributed by atoms with Crippen molar-refractivity contribution in [3.8, 4) is 0 Å². The maximum atomic E-state index is 13.4. The molecule has 1 spiro atoms. The Kier molecular flexibility index (Phi) is 5.46. The molecule has 1 atom stereocenters. The van der Waals surface area contributed by atoms with E-state index in [9.17, 15) is 13.6 Å². The van der Waals surface area contributed by atoms with Crippen LogP contribution in [-0.2, 0) is 9.47 Å². The predicted molar refractivity (Wildman–Crippen MR) is 96.4 cm³/mol. The van der Waals surface area contributed by atoms with Crippen molar-refractivity contribution >= 4 is 5.91 Å². The predicted octanol–water partition coefficient (Wildman–Crippen LogP) is 3.79. The van der Waals surface area contributed by atoms with Gasteiger partial charge >= 0.3 is 0 Å². The zero-order valence-corrected chi connectivity index (χ0v) is 15.6. The van der Waals surface area contributed by atoms with Crippen LogP contribution in [0.5, 0.6) is 0 Å². The molecule has 2 saturated heterocycles. The smallest absolute Gasteiger partial charge is 0.253 e. The molecular weight excluding hydrogens is 352 g/mol. The van der Waals surface area contributed by atoms with Crippen molar-refractivity contribution in [2.24, 2.45) is 11.8 Å². The summed E-state index contributed by atoms with van der Waals surface area (Å²) < 4.78 is 38.5. The molecule has 1 unspecified atom stereocenters. The third-order valence-corrected chi connectivity index (χ3v) is 6.32. The number of amides is 1. The van der Waals surface area contributed by atoms with Crippen LogP contribution in [0, 0.1) is 23.5 Å². The minimum absolute atomic E-state index is 0.159. The number of hydrogen-bond donors (Lipinski definition) is 0. The molecule has 3 fully saturated rings. The van der Waals surface area contributed by atoms with Crippen LogP contribution in [0.4, 0.5) is 8.78 Å². The molecule has 0 radical (unpaired) electrons. The summed E-state index contributed by atoms with van der Waals surface area (Å²) in [5, 5.41) is 0. The molecule has 0 aromatic heterocycles. The number of ether oxygens (including phenoxy) is 2. The highest BCUT2D eigenvalue weighted by molar-refractivity contribution is 5.94. The molecule has 4 rings (SSSR count). The number of benzene rings is 1. The van der Waals surface area contributed by atoms with E-state index in [0.29, 0.717) is 19.0 Å². The van der Waals surface area contributed by atoms with Gasteiger partial charge in [-0.05, 0) is 68.6 Å². The van der Waals surface area contributed by atoms with Gasteiger partial charge < -0.3 is 14.4 Å². The molecule has 1 aromatic rings. The Balaban J connectivity index is 1.31. The van der Waals surface area contributed by atoms with E-state index in [0.717, 1.165) is 63.6 Å². The van der Waals surface area contributed by atoms with Crippen LogP contribution in [0.15, 0.2) is 18.2 Å². The molecule has 0 bridgehead atoms. The highest BCUT2D eigenvalue weighted by Gasteiger charge is 2.46. The monoisotopic (exact) mass is 379 g/mol. The zero-order valence-electron chi connectivity index (χ0n) is 15.6. The summed E-state index contributed by atoms with van der Waals surface area (Å²) in [4.78, 5) is 14.3. The maximum absolute atomic E-state index is 13.4. The largest absolute Gasteiger partial charge is 0.381 e. The average Bonchev–Trinajstić information content (AvgIpc) is 3.43. The Labute approximate surface area is 158 Å². The number of hydrogen-bond acceptors (Lipinski definition) is 3. The molecule has 2 aliphatic heterocycles. The summed E-state index contributed by atoms with van der Waals surface area (Å²) in [6.45, 7) is 3.60. The standard InChI is InChI=1S/C21H27F2NO3/c22-18-4-3-16(13-19(18)23)20(25)24-9-7-21(8-10-24)17(6-12-27-21)5-11-26-14-15-1-2-15/h3-4,13,15,17H,1-2,5-12,14H2. The van der Waals surface area contributed by atoms with Gasteiger partial charge in [0.15, 0.2) is 11.6 Å². The van der Waals surface area contributed by atoms with E-state index in [4.69, 9.17) is 9.47 Å². The van der Waals surface area contributed by atoms with Crippen molar-refractivity contribution in [3.05, 3.63) is 35.4 Å². The van der Waals surface area contributed by atoms with Gasteiger partial charge in [0.1, 0.15) is 0 Å². The van der Waals surface area contributed by atoms with E-state index in [1.807, 2.05) is 0 Å². The lowest BCUT2D eigenvalue weighted by atomic mass is 9.78. The second-order valence-corrected chi connectivity index (χ2v) is 8.13. The van der Waals surface area contributed by atoms with Crippen molar-refractivity contribution in [1.82, 2.24) is 4.90 Å². The molecule has 3 aliphatic rings. The third kappa shape index (κ3) is 4.16. The van der Waals surface area contributed by atoms with Crippen molar-refractivity contribution in [3.63, 3.8) is 0 Å². The van der Waals surface area contributed by atoms with Gasteiger partial charge in [-0.1, -0.05) is 0 Å². The van der Waals surface area contributed by atoms with Crippen molar-refractivity contribution in [1.29, 1.82) is 0 Å². The van der Waals surface area contributed by atoms with E-state index >= 15 is 0 Å². The molecule has 1 aliphatic carbocycles. The highest BCUT2D eigenvalue weighted by Crippen LogP contribution is 2.42. The molecule has 4 nitrogen and oxygen atoms in total. The summed E-state index contributed by atoms with van der Waals surface area (Å²) in [6.07, 6.45) is 6.23. The average molecular weight is 379 g/mol. The van der Waals surface area contributed by atoms with Gasteiger partial charge in [0.2, 0.25) is 0 Å². The molecular formula is C21H27F2NO3. The summed E-state index contributed by atoms with van der Waals surface area (Å²) in [5.74, 6) is -0.914. The van der Waals surface area contributed by atoms with Gasteiger partial charge in [-0.25, -0.2) is 8.78 Å². The molecule has 27 heavy (non-hydrogen) atoms. The molecule has 2 heterocycles. The van der Waals surface area contributed by atoms with Gasteiger partial charge in [-0.2, -0.15) is 0 Å². The SMILES string of the molecule is O=C(c1ccc(F)c(F)c1)N1CCC2(CC1)OCCC2CCOCC1CC1. The molecule has 1 aromatic carbocycles. The topological polar surface area (TPSA) is 38.8 Å². The summed E-state index contributed by atoms with van der Waals surface area (Å²) in [5.41, 5.74) is 0.0375. The number of nitrogens with zero attached hydrogens (tertiary/aromatic N) is 1. The minimum atomic E-state index is -0.986. The number of carbonyl (C=O) groups excluding carboxylic acids is 1. The number of carbonyl (C=O) groups is 1. The Morgan fingerprint density at radius 3 is 2.67 bits per heavy atom. The van der Waals surface area contributed by atoms with Crippen LogP contribution in [0.3, 0.4) is 0 Å². The molecule has 0 N–H and O–H groups in total. The van der Waals surface area contributed by atoms with Gasteiger partial charge in [-0.3, -0.25) is 4.79 Å². The number of piperidine rings is 1. The Morgan fingerprint density at radius 1 is 1.19 bits per heavy atom. The number of likely N-dealkylation sites (tertiary alicyclic amines) is 1. The number of halogens is 2. The van der Waals surface area contributed by atoms with E-state index in [1.165, 1.54) is 18.9 Å². The van der Waals surface area contributed by atoms with Gasteiger partial charge in [0, 0.05) is 38.5 Å². The van der Waals surface area contributed by atoms with Crippen LogP contribution in [0.25, 0.3) is 0 Å². The second-order valence-electron chi connectivity index (χ2n) is 8.13. The summed E-state index contributed by atoms with van der Waals surface area (Å²) in [6, 6.07) is 3.33. The van der Waals surface area contributed by atoms with Crippen LogP contribution in [0.2, 0.25) is 0 Å². The van der Waals surface area contributed by atoms with Crippen LogP contribution < -0.4 is 0 Å². The van der Waals surface area contributed by atoms with Gasteiger partial charge in [0.05, 0.1) is 5.60 Å². The third-order valence-electron chi connectivity index (χ3n) is 6.32. The first-order valence-corrected chi connectivity index (χ1v) is 10.0. The Bertz CT molecular complexity index is 684. The maximum Gasteiger partial charge on any atom is 0.253 e. The fourth-order valence-corrected chi connectivity index (χ4v) is 4.41. The first-order valence-electron chi connectivity index (χ1n) is 10.0. The van der Waals surface area contributed by atoms with Crippen LogP contribution >= 0.6 is 0 Å². The van der Waals surface area contributed by atoms with E-state index in [2.05, 4.69) is 0 Å². The Hall–Kier alpha value is -1.53. The van der Waals surface area contributed by atoms with Crippen molar-refractivity contribution in [2.45, 2.75) is 44.1 Å². The molecule has 1 amide bonds. The van der Waals surface area contributed by atoms with Crippen molar-refractivity contribution < 1.29 is 23.0 Å². The first-order chi connectivity index (χ1) is 13.1. The summed E-state index contributed by atoms with van der Waals surface area (Å²) >= 11 is 0. The fraction of sp³-hybridized carbons (Fsp3) is 0.667. The summed E-state index contributed by atoms with van der Waals surface area (Å²) in [7, 11) is 0. The number of rotatable bonds is 6. The highest BCUT2D eigenvalue weighted by atomic mass is 19.2. The van der Waals surface area contributed by atoms with E-state index < -0.39 is 11.6 Å². The molecule has 148 valence electrons. The lowest BCUT2D eigenvalue weighted by molar-refractivity contribution is -0.0672. The normalized spacial score (nSPS) is 24.5. The Morgan fingerprint density at radius 2 is 1.96 bits per heavy atom. The molecule has 6 heteroatoms. The van der Waals surface area contributed by atoms with Crippen LogP contribution in [-0.4, -0.2) is 49.3 Å². The lowest BCUT2D eigenvalue weighted by Gasteiger charge is -2.42. The minimum Gasteiger partial charge on any atom is -0.381 e. The van der Waals surface area contributed by atoms with Gasteiger partial charge in [0.25, 0.3) is 5.91 Å².